The van der Waals surface area contributed by atoms with Gasteiger partial charge >= 0.3 is 0 Å². The fourth-order valence-corrected chi connectivity index (χ4v) is 2.51. The number of pyridine rings is 1. The summed E-state index contributed by atoms with van der Waals surface area (Å²) < 4.78 is 5.20. The molecule has 1 unspecified atom stereocenters. The Morgan fingerprint density at radius 2 is 1.86 bits per heavy atom. The fourth-order valence-electron chi connectivity index (χ4n) is 2.51. The van der Waals surface area contributed by atoms with Crippen molar-refractivity contribution in [2.45, 2.75) is 12.7 Å². The van der Waals surface area contributed by atoms with Crippen molar-refractivity contribution in [1.29, 1.82) is 0 Å². The summed E-state index contributed by atoms with van der Waals surface area (Å²) in [6.45, 7) is 0.480. The molecule has 1 aromatic heterocycles. The predicted molar refractivity (Wildman–Crippen MR) is 83.0 cm³/mol. The highest BCUT2D eigenvalue weighted by molar-refractivity contribution is 5.78. The molecule has 0 radical (unpaired) electrons. The molecule has 2 aromatic carbocycles. The lowest BCUT2D eigenvalue weighted by Gasteiger charge is -2.16. The van der Waals surface area contributed by atoms with Crippen molar-refractivity contribution in [3.05, 3.63) is 77.5 Å². The highest BCUT2D eigenvalue weighted by Crippen LogP contribution is 2.26. The van der Waals surface area contributed by atoms with Gasteiger partial charge in [-0.15, -0.1) is 0 Å². The number of fused-ring (bicyclic) bond motifs is 1. The van der Waals surface area contributed by atoms with Crippen LogP contribution in [-0.2, 0) is 11.3 Å². The molecule has 21 heavy (non-hydrogen) atoms. The molecular formula is C18H17NO2. The van der Waals surface area contributed by atoms with Crippen LogP contribution in [0.5, 0.6) is 0 Å². The van der Waals surface area contributed by atoms with Crippen LogP contribution in [0.1, 0.15) is 22.8 Å². The molecule has 0 amide bonds. The third-order valence-corrected chi connectivity index (χ3v) is 3.58. The molecule has 0 aliphatic carbocycles. The number of benzene rings is 2. The molecule has 0 aliphatic rings. The maximum absolute atomic E-state index is 10.7. The first-order valence-corrected chi connectivity index (χ1v) is 6.89. The van der Waals surface area contributed by atoms with Gasteiger partial charge in [-0.05, 0) is 23.3 Å². The lowest BCUT2D eigenvalue weighted by molar-refractivity contribution is 0.176. The fraction of sp³-hybridized carbons (Fsp3) is 0.167. The Morgan fingerprint density at radius 1 is 1.10 bits per heavy atom. The van der Waals surface area contributed by atoms with Gasteiger partial charge in [0.05, 0.1) is 12.1 Å². The number of methoxy groups -OCH3 is 1. The molecule has 0 aliphatic heterocycles. The second-order valence-electron chi connectivity index (χ2n) is 5.00. The van der Waals surface area contributed by atoms with E-state index in [2.05, 4.69) is 4.98 Å². The van der Waals surface area contributed by atoms with Gasteiger partial charge in [0.1, 0.15) is 6.10 Å². The van der Waals surface area contributed by atoms with Crippen molar-refractivity contribution in [1.82, 2.24) is 4.98 Å². The van der Waals surface area contributed by atoms with E-state index in [0.717, 1.165) is 27.6 Å². The van der Waals surface area contributed by atoms with E-state index in [1.165, 1.54) is 0 Å². The number of aliphatic hydroxyl groups excluding tert-OH is 1. The Balaban J connectivity index is 2.02. The van der Waals surface area contributed by atoms with Crippen LogP contribution < -0.4 is 0 Å². The van der Waals surface area contributed by atoms with Crippen LogP contribution in [-0.4, -0.2) is 17.2 Å². The molecule has 0 fully saturated rings. The second kappa shape index (κ2) is 6.04. The lowest BCUT2D eigenvalue weighted by atomic mass is 9.97. The van der Waals surface area contributed by atoms with Gasteiger partial charge in [0.15, 0.2) is 0 Å². The summed E-state index contributed by atoms with van der Waals surface area (Å²) in [6.07, 6.45) is 1.03. The van der Waals surface area contributed by atoms with E-state index in [0.29, 0.717) is 6.61 Å². The molecular weight excluding hydrogens is 262 g/mol. The Hall–Kier alpha value is -2.23. The third-order valence-electron chi connectivity index (χ3n) is 3.58. The molecule has 1 N–H and O–H groups in total. The smallest absolute Gasteiger partial charge is 0.106 e. The van der Waals surface area contributed by atoms with Crippen molar-refractivity contribution >= 4 is 10.9 Å². The molecule has 3 aromatic rings. The Kier molecular flexibility index (Phi) is 3.95. The predicted octanol–water partition coefficient (Wildman–Crippen LogP) is 3.46. The van der Waals surface area contributed by atoms with Crippen LogP contribution in [0.2, 0.25) is 0 Å². The van der Waals surface area contributed by atoms with Crippen molar-refractivity contribution < 1.29 is 9.84 Å². The molecule has 1 heterocycles. The monoisotopic (exact) mass is 279 g/mol. The minimum atomic E-state index is -0.701. The minimum Gasteiger partial charge on any atom is -0.384 e. The molecule has 0 saturated heterocycles. The SMILES string of the molecule is COCc1ccccc1C(O)c1cnc2ccccc2c1. The first-order chi connectivity index (χ1) is 10.3. The van der Waals surface area contributed by atoms with Crippen LogP contribution in [0.4, 0.5) is 0 Å². The molecule has 3 rings (SSSR count). The van der Waals surface area contributed by atoms with Gasteiger partial charge in [-0.3, -0.25) is 4.98 Å². The quantitative estimate of drug-likeness (QED) is 0.795. The minimum absolute atomic E-state index is 0.480. The highest BCUT2D eigenvalue weighted by Gasteiger charge is 2.15. The van der Waals surface area contributed by atoms with Gasteiger partial charge in [-0.1, -0.05) is 42.5 Å². The van der Waals surface area contributed by atoms with Crippen LogP contribution in [0, 0.1) is 0 Å². The maximum atomic E-state index is 10.7. The topological polar surface area (TPSA) is 42.4 Å². The zero-order chi connectivity index (χ0) is 14.7. The maximum Gasteiger partial charge on any atom is 0.106 e. The average Bonchev–Trinajstić information content (AvgIpc) is 2.54. The van der Waals surface area contributed by atoms with Gasteiger partial charge in [0, 0.05) is 24.3 Å². The molecule has 3 nitrogen and oxygen atoms in total. The number of hydrogen-bond acceptors (Lipinski definition) is 3. The number of ether oxygens (including phenoxy) is 1. The summed E-state index contributed by atoms with van der Waals surface area (Å²) in [5.74, 6) is 0. The number of hydrogen-bond donors (Lipinski definition) is 1. The summed E-state index contributed by atoms with van der Waals surface area (Å²) in [7, 11) is 1.65. The normalized spacial score (nSPS) is 12.5. The van der Waals surface area contributed by atoms with Crippen molar-refractivity contribution in [2.24, 2.45) is 0 Å². The highest BCUT2D eigenvalue weighted by atomic mass is 16.5. The standard InChI is InChI=1S/C18H17NO2/c1-21-12-14-7-2-4-8-16(14)18(20)15-10-13-6-3-5-9-17(13)19-11-15/h2-11,18,20H,12H2,1H3. The largest absolute Gasteiger partial charge is 0.384 e. The molecule has 0 saturated carbocycles. The number of rotatable bonds is 4. The summed E-state index contributed by atoms with van der Waals surface area (Å²) >= 11 is 0. The van der Waals surface area contributed by atoms with Crippen molar-refractivity contribution in [3.8, 4) is 0 Å². The van der Waals surface area contributed by atoms with E-state index in [-0.39, 0.29) is 0 Å². The van der Waals surface area contributed by atoms with Crippen LogP contribution in [0.25, 0.3) is 10.9 Å². The zero-order valence-electron chi connectivity index (χ0n) is 11.9. The van der Waals surface area contributed by atoms with Crippen molar-refractivity contribution in [3.63, 3.8) is 0 Å². The third kappa shape index (κ3) is 2.79. The van der Waals surface area contributed by atoms with Crippen molar-refractivity contribution in [2.75, 3.05) is 7.11 Å². The number of aromatic nitrogens is 1. The Bertz CT molecular complexity index is 755. The lowest BCUT2D eigenvalue weighted by Crippen LogP contribution is -2.05. The Morgan fingerprint density at radius 3 is 2.71 bits per heavy atom. The van der Waals surface area contributed by atoms with Crippen LogP contribution in [0.15, 0.2) is 60.8 Å². The summed E-state index contributed by atoms with van der Waals surface area (Å²) in [5, 5.41) is 11.7. The van der Waals surface area contributed by atoms with E-state index in [4.69, 9.17) is 4.74 Å². The summed E-state index contributed by atoms with van der Waals surface area (Å²) in [5.41, 5.74) is 3.56. The second-order valence-corrected chi connectivity index (χ2v) is 5.00. The number of aliphatic hydroxyl groups is 1. The zero-order valence-corrected chi connectivity index (χ0v) is 11.9. The Labute approximate surface area is 123 Å². The molecule has 0 bridgehead atoms. The first-order valence-electron chi connectivity index (χ1n) is 6.89. The van der Waals surface area contributed by atoms with Crippen LogP contribution in [0.3, 0.4) is 0 Å². The average molecular weight is 279 g/mol. The number of nitrogens with zero attached hydrogens (tertiary/aromatic N) is 1. The van der Waals surface area contributed by atoms with Gasteiger partial charge in [-0.25, -0.2) is 0 Å². The number of para-hydroxylation sites is 1. The van der Waals surface area contributed by atoms with Gasteiger partial charge < -0.3 is 9.84 Å². The summed E-state index contributed by atoms with van der Waals surface area (Å²) in [4.78, 5) is 4.41. The van der Waals surface area contributed by atoms with E-state index < -0.39 is 6.10 Å². The molecule has 3 heteroatoms. The van der Waals surface area contributed by atoms with Crippen LogP contribution >= 0.6 is 0 Å². The summed E-state index contributed by atoms with van der Waals surface area (Å²) in [6, 6.07) is 17.6. The van der Waals surface area contributed by atoms with Gasteiger partial charge in [0.25, 0.3) is 0 Å². The van der Waals surface area contributed by atoms with E-state index in [1.807, 2.05) is 54.6 Å². The first kappa shape index (κ1) is 13.7. The molecule has 1 atom stereocenters. The molecule has 106 valence electrons. The van der Waals surface area contributed by atoms with Gasteiger partial charge in [0.2, 0.25) is 0 Å². The van der Waals surface area contributed by atoms with E-state index >= 15 is 0 Å². The van der Waals surface area contributed by atoms with E-state index in [9.17, 15) is 5.11 Å². The van der Waals surface area contributed by atoms with Gasteiger partial charge in [-0.2, -0.15) is 0 Å². The molecule has 0 spiro atoms. The van der Waals surface area contributed by atoms with E-state index in [1.54, 1.807) is 13.3 Å².